The molecule has 0 atom stereocenters. The lowest BCUT2D eigenvalue weighted by Gasteiger charge is -2.23. The summed E-state index contributed by atoms with van der Waals surface area (Å²) in [5.41, 5.74) is -0.177. The Labute approximate surface area is 188 Å². The van der Waals surface area contributed by atoms with Crippen molar-refractivity contribution >= 4 is 38.1 Å². The van der Waals surface area contributed by atoms with Gasteiger partial charge >= 0.3 is 0 Å². The van der Waals surface area contributed by atoms with Crippen LogP contribution in [-0.2, 0) is 16.4 Å². The van der Waals surface area contributed by atoms with Crippen molar-refractivity contribution in [2.75, 3.05) is 32.0 Å². The molecule has 0 aliphatic heterocycles. The number of ether oxygens (including phenoxy) is 1. The fourth-order valence-corrected chi connectivity index (χ4v) is 5.06. The van der Waals surface area contributed by atoms with Crippen LogP contribution in [0.5, 0.6) is 5.75 Å². The lowest BCUT2D eigenvalue weighted by molar-refractivity contribution is 0.0319. The Morgan fingerprint density at radius 3 is 2.60 bits per heavy atom. The summed E-state index contributed by atoms with van der Waals surface area (Å²) in [7, 11) is 0.128. The predicted molar refractivity (Wildman–Crippen MR) is 122 cm³/mol. The van der Waals surface area contributed by atoms with Crippen molar-refractivity contribution in [3.05, 3.63) is 34.3 Å². The summed E-state index contributed by atoms with van der Waals surface area (Å²) in [6.07, 6.45) is 2.42. The Hall–Kier alpha value is -1.39. The van der Waals surface area contributed by atoms with Gasteiger partial charge in [0.2, 0.25) is 0 Å². The summed E-state index contributed by atoms with van der Waals surface area (Å²) in [6.45, 7) is 5.21. The van der Waals surface area contributed by atoms with E-state index in [-0.39, 0.29) is 15.0 Å². The zero-order valence-electron chi connectivity index (χ0n) is 17.8. The number of hydrogen-bond donors (Lipinski definition) is 2. The topological polar surface area (TPSA) is 91.8 Å². The van der Waals surface area contributed by atoms with Gasteiger partial charge in [0.1, 0.15) is 5.75 Å². The Morgan fingerprint density at radius 2 is 2.00 bits per heavy atom. The molecule has 0 fully saturated rings. The van der Waals surface area contributed by atoms with Crippen LogP contribution in [0, 0.1) is 0 Å². The van der Waals surface area contributed by atoms with E-state index in [0.29, 0.717) is 37.3 Å². The number of benzene rings is 1. The summed E-state index contributed by atoms with van der Waals surface area (Å²) in [4.78, 5) is 6.40. The first-order chi connectivity index (χ1) is 14.1. The van der Waals surface area contributed by atoms with Gasteiger partial charge in [-0.05, 0) is 51.6 Å². The Kier molecular flexibility index (Phi) is 8.93. The summed E-state index contributed by atoms with van der Waals surface area (Å²) >= 11 is 7.40. The molecule has 2 rings (SSSR count). The SMILES string of the molecule is CCC(O)(CC)Cc1csc(NS(=O)(=O)c2ccc(OCCCN(C)C)c(Cl)c2)n1. The minimum atomic E-state index is -3.84. The molecule has 10 heteroatoms. The summed E-state index contributed by atoms with van der Waals surface area (Å²) < 4.78 is 33.5. The van der Waals surface area contributed by atoms with Gasteiger partial charge in [0.25, 0.3) is 10.0 Å². The van der Waals surface area contributed by atoms with Crippen LogP contribution in [0.4, 0.5) is 5.13 Å². The fraction of sp³-hybridized carbons (Fsp3) is 0.550. The van der Waals surface area contributed by atoms with Crippen LogP contribution in [0.1, 0.15) is 38.8 Å². The van der Waals surface area contributed by atoms with E-state index in [2.05, 4.69) is 14.6 Å². The molecule has 0 unspecified atom stereocenters. The smallest absolute Gasteiger partial charge is 0.263 e. The van der Waals surface area contributed by atoms with Crippen LogP contribution in [0.15, 0.2) is 28.5 Å². The zero-order valence-corrected chi connectivity index (χ0v) is 20.2. The van der Waals surface area contributed by atoms with Crippen LogP contribution < -0.4 is 9.46 Å². The van der Waals surface area contributed by atoms with E-state index in [0.717, 1.165) is 13.0 Å². The van der Waals surface area contributed by atoms with Crippen molar-refractivity contribution in [1.29, 1.82) is 0 Å². The van der Waals surface area contributed by atoms with Crippen molar-refractivity contribution in [3.8, 4) is 5.75 Å². The molecule has 7 nitrogen and oxygen atoms in total. The van der Waals surface area contributed by atoms with E-state index in [1.807, 2.05) is 27.9 Å². The Bertz CT molecular complexity index is 928. The van der Waals surface area contributed by atoms with Crippen LogP contribution in [0.2, 0.25) is 5.02 Å². The third kappa shape index (κ3) is 7.09. The third-order valence-corrected chi connectivity index (χ3v) is 7.39. The second-order valence-corrected chi connectivity index (χ2v) is 10.4. The molecular weight excluding hydrogens is 446 g/mol. The molecule has 2 N–H and O–H groups in total. The first kappa shape index (κ1) is 24.9. The average Bonchev–Trinajstić information content (AvgIpc) is 3.11. The van der Waals surface area contributed by atoms with Gasteiger partial charge in [0.15, 0.2) is 5.13 Å². The number of anilines is 1. The first-order valence-electron chi connectivity index (χ1n) is 9.85. The molecule has 1 heterocycles. The molecule has 168 valence electrons. The largest absolute Gasteiger partial charge is 0.492 e. The number of rotatable bonds is 12. The van der Waals surface area contributed by atoms with E-state index in [9.17, 15) is 13.5 Å². The number of nitrogens with one attached hydrogen (secondary N) is 1. The van der Waals surface area contributed by atoms with E-state index in [4.69, 9.17) is 16.3 Å². The second-order valence-electron chi connectivity index (χ2n) is 7.46. The van der Waals surface area contributed by atoms with Gasteiger partial charge in [0, 0.05) is 18.3 Å². The number of nitrogens with zero attached hydrogens (tertiary/aromatic N) is 2. The molecule has 2 aromatic rings. The van der Waals surface area contributed by atoms with Gasteiger partial charge in [-0.1, -0.05) is 25.4 Å². The third-order valence-electron chi connectivity index (χ3n) is 4.82. The number of aliphatic hydroxyl groups is 1. The summed E-state index contributed by atoms with van der Waals surface area (Å²) in [5, 5.41) is 12.7. The van der Waals surface area contributed by atoms with E-state index < -0.39 is 15.6 Å². The molecule has 0 radical (unpaired) electrons. The molecular formula is C20H30ClN3O4S2. The Morgan fingerprint density at radius 1 is 1.30 bits per heavy atom. The monoisotopic (exact) mass is 475 g/mol. The van der Waals surface area contributed by atoms with Crippen LogP contribution in [0.25, 0.3) is 0 Å². The van der Waals surface area contributed by atoms with E-state index >= 15 is 0 Å². The lowest BCUT2D eigenvalue weighted by Crippen LogP contribution is -2.29. The number of halogens is 1. The summed E-state index contributed by atoms with van der Waals surface area (Å²) in [6, 6.07) is 4.38. The Balaban J connectivity index is 2.04. The van der Waals surface area contributed by atoms with Gasteiger partial charge in [-0.3, -0.25) is 4.72 Å². The quantitative estimate of drug-likeness (QED) is 0.450. The van der Waals surface area contributed by atoms with Gasteiger partial charge in [-0.2, -0.15) is 0 Å². The molecule has 0 bridgehead atoms. The average molecular weight is 476 g/mol. The fourth-order valence-electron chi connectivity index (χ4n) is 2.77. The molecule has 0 saturated heterocycles. The standard InChI is InChI=1S/C20H30ClN3O4S2/c1-5-20(25,6-2)13-15-14-29-19(22-15)23-30(26,27)16-8-9-18(17(21)12-16)28-11-7-10-24(3)4/h8-9,12,14,25H,5-7,10-11,13H2,1-4H3,(H,22,23). The summed E-state index contributed by atoms with van der Waals surface area (Å²) in [5.74, 6) is 0.448. The molecule has 30 heavy (non-hydrogen) atoms. The van der Waals surface area contributed by atoms with E-state index in [1.54, 1.807) is 11.4 Å². The molecule has 0 saturated carbocycles. The molecule has 0 amide bonds. The maximum atomic E-state index is 12.7. The highest BCUT2D eigenvalue weighted by Gasteiger charge is 2.25. The first-order valence-corrected chi connectivity index (χ1v) is 12.6. The minimum Gasteiger partial charge on any atom is -0.492 e. The van der Waals surface area contributed by atoms with Crippen LogP contribution in [-0.4, -0.2) is 56.3 Å². The molecule has 0 aliphatic rings. The van der Waals surface area contributed by atoms with Crippen molar-refractivity contribution in [2.24, 2.45) is 0 Å². The molecule has 1 aromatic heterocycles. The number of hydrogen-bond acceptors (Lipinski definition) is 7. The lowest BCUT2D eigenvalue weighted by atomic mass is 9.92. The number of thiazole rings is 1. The van der Waals surface area contributed by atoms with Gasteiger partial charge in [0.05, 0.1) is 27.8 Å². The molecule has 1 aromatic carbocycles. The maximum absolute atomic E-state index is 12.7. The number of sulfonamides is 1. The maximum Gasteiger partial charge on any atom is 0.263 e. The van der Waals surface area contributed by atoms with Crippen molar-refractivity contribution < 1.29 is 18.3 Å². The van der Waals surface area contributed by atoms with Gasteiger partial charge in [-0.15, -0.1) is 11.3 Å². The second kappa shape index (κ2) is 10.8. The zero-order chi connectivity index (χ0) is 22.4. The van der Waals surface area contributed by atoms with Gasteiger partial charge in [-0.25, -0.2) is 13.4 Å². The highest BCUT2D eigenvalue weighted by molar-refractivity contribution is 7.93. The van der Waals surface area contributed by atoms with Crippen LogP contribution in [0.3, 0.4) is 0 Å². The predicted octanol–water partition coefficient (Wildman–Crippen LogP) is 4.02. The highest BCUT2D eigenvalue weighted by Crippen LogP contribution is 2.29. The number of aromatic nitrogens is 1. The van der Waals surface area contributed by atoms with Gasteiger partial charge < -0.3 is 14.7 Å². The van der Waals surface area contributed by atoms with E-state index in [1.165, 1.54) is 23.5 Å². The molecule has 0 spiro atoms. The van der Waals surface area contributed by atoms with Crippen LogP contribution >= 0.6 is 22.9 Å². The normalized spacial score (nSPS) is 12.4. The highest BCUT2D eigenvalue weighted by atomic mass is 35.5. The van der Waals surface area contributed by atoms with Crippen molar-refractivity contribution in [2.45, 2.75) is 50.0 Å². The molecule has 0 aliphatic carbocycles. The van der Waals surface area contributed by atoms with Crippen molar-refractivity contribution in [3.63, 3.8) is 0 Å². The minimum absolute atomic E-state index is 0.0310. The van der Waals surface area contributed by atoms with Crippen molar-refractivity contribution in [1.82, 2.24) is 9.88 Å².